The summed E-state index contributed by atoms with van der Waals surface area (Å²) in [6, 6.07) is 7.93. The molecule has 7 nitrogen and oxygen atoms in total. The fourth-order valence-corrected chi connectivity index (χ4v) is 5.13. The first-order valence-corrected chi connectivity index (χ1v) is 11.6. The molecule has 1 amide bonds. The largest absolute Gasteiger partial charge is 0.490 e. The summed E-state index contributed by atoms with van der Waals surface area (Å²) in [7, 11) is -3.99. The molecule has 0 unspecified atom stereocenters. The molecule has 0 N–H and O–H groups in total. The Kier molecular flexibility index (Phi) is 6.16. The lowest BCUT2D eigenvalue weighted by Gasteiger charge is -2.35. The van der Waals surface area contributed by atoms with Crippen LogP contribution in [0.15, 0.2) is 46.9 Å². The molecule has 2 aliphatic heterocycles. The van der Waals surface area contributed by atoms with Crippen LogP contribution in [0.4, 0.5) is 8.78 Å². The molecule has 2 aromatic rings. The second-order valence-electron chi connectivity index (χ2n) is 7.34. The Morgan fingerprint density at radius 3 is 2.53 bits per heavy atom. The van der Waals surface area contributed by atoms with Crippen molar-refractivity contribution in [2.24, 2.45) is 0 Å². The zero-order chi connectivity index (χ0) is 22.9. The minimum atomic E-state index is -3.99. The number of hydrogen-bond acceptors (Lipinski definition) is 5. The standard InChI is InChI=1S/C22H22F2N2O5S/c1-2-30-20-5-3-4-15-12-16(14-31-21(15)20)22(27)25-8-10-26(11-9-25)32(28,29)17-6-7-18(23)19(24)13-17/h3-7,12-13H,2,8-11,14H2,1H3. The normalized spacial score (nSPS) is 16.7. The third-order valence-corrected chi connectivity index (χ3v) is 7.23. The fraction of sp³-hybridized carbons (Fsp3) is 0.318. The van der Waals surface area contributed by atoms with E-state index in [0.29, 0.717) is 29.7 Å². The first-order valence-electron chi connectivity index (χ1n) is 10.1. The van der Waals surface area contributed by atoms with Crippen LogP contribution in [0.2, 0.25) is 0 Å². The maximum atomic E-state index is 13.5. The molecule has 4 rings (SSSR count). The van der Waals surface area contributed by atoms with Gasteiger partial charge >= 0.3 is 0 Å². The lowest BCUT2D eigenvalue weighted by atomic mass is 10.1. The maximum absolute atomic E-state index is 13.5. The number of fused-ring (bicyclic) bond motifs is 1. The van der Waals surface area contributed by atoms with E-state index in [1.165, 1.54) is 4.31 Å². The molecule has 2 aliphatic rings. The molecular formula is C22H22F2N2O5S. The molecule has 1 saturated heterocycles. The third-order valence-electron chi connectivity index (χ3n) is 5.34. The van der Waals surface area contributed by atoms with Crippen LogP contribution in [0, 0.1) is 11.6 Å². The van der Waals surface area contributed by atoms with E-state index in [0.717, 1.165) is 17.7 Å². The average molecular weight is 464 g/mol. The smallest absolute Gasteiger partial charge is 0.253 e. The summed E-state index contributed by atoms with van der Waals surface area (Å²) in [5.41, 5.74) is 1.20. The Labute approximate surface area is 184 Å². The number of ether oxygens (including phenoxy) is 2. The van der Waals surface area contributed by atoms with Crippen LogP contribution in [-0.2, 0) is 14.8 Å². The molecule has 0 bridgehead atoms. The van der Waals surface area contributed by atoms with Gasteiger partial charge < -0.3 is 14.4 Å². The van der Waals surface area contributed by atoms with Gasteiger partial charge in [-0.2, -0.15) is 4.31 Å². The van der Waals surface area contributed by atoms with Gasteiger partial charge in [0, 0.05) is 31.7 Å². The molecule has 0 atom stereocenters. The number of halogens is 2. The molecule has 0 radical (unpaired) electrons. The van der Waals surface area contributed by atoms with Crippen molar-refractivity contribution in [1.82, 2.24) is 9.21 Å². The highest BCUT2D eigenvalue weighted by atomic mass is 32.2. The number of piperazine rings is 1. The van der Waals surface area contributed by atoms with Crippen molar-refractivity contribution in [2.75, 3.05) is 39.4 Å². The van der Waals surface area contributed by atoms with Gasteiger partial charge in [0.2, 0.25) is 10.0 Å². The second kappa shape index (κ2) is 8.87. The van der Waals surface area contributed by atoms with Crippen LogP contribution < -0.4 is 9.47 Å². The van der Waals surface area contributed by atoms with Crippen molar-refractivity contribution in [3.8, 4) is 11.5 Å². The monoisotopic (exact) mass is 464 g/mol. The molecular weight excluding hydrogens is 442 g/mol. The molecule has 10 heteroatoms. The first kappa shape index (κ1) is 22.2. The predicted molar refractivity (Wildman–Crippen MR) is 113 cm³/mol. The minimum Gasteiger partial charge on any atom is -0.490 e. The topological polar surface area (TPSA) is 76.2 Å². The Balaban J connectivity index is 1.45. The minimum absolute atomic E-state index is 0.0479. The first-order chi connectivity index (χ1) is 15.3. The highest BCUT2D eigenvalue weighted by molar-refractivity contribution is 7.89. The summed E-state index contributed by atoms with van der Waals surface area (Å²) < 4.78 is 64.6. The van der Waals surface area contributed by atoms with Crippen molar-refractivity contribution in [3.63, 3.8) is 0 Å². The molecule has 0 aliphatic carbocycles. The SMILES string of the molecule is CCOc1cccc2c1OCC(C(=O)N1CCN(S(=O)(=O)c3ccc(F)c(F)c3)CC1)=C2. The van der Waals surface area contributed by atoms with E-state index in [1.807, 2.05) is 19.1 Å². The van der Waals surface area contributed by atoms with Crippen LogP contribution in [0.5, 0.6) is 11.5 Å². The summed E-state index contributed by atoms with van der Waals surface area (Å²) in [5.74, 6) is -1.37. The zero-order valence-electron chi connectivity index (χ0n) is 17.4. The molecule has 170 valence electrons. The molecule has 2 aromatic carbocycles. The van der Waals surface area contributed by atoms with Crippen LogP contribution in [-0.4, -0.2) is 62.9 Å². The highest BCUT2D eigenvalue weighted by Crippen LogP contribution is 2.36. The molecule has 0 aromatic heterocycles. The molecule has 0 spiro atoms. The van der Waals surface area contributed by atoms with Gasteiger partial charge in [-0.05, 0) is 37.3 Å². The van der Waals surface area contributed by atoms with Gasteiger partial charge in [0.05, 0.1) is 17.1 Å². The highest BCUT2D eigenvalue weighted by Gasteiger charge is 2.32. The number of benzene rings is 2. The van der Waals surface area contributed by atoms with Crippen molar-refractivity contribution in [2.45, 2.75) is 11.8 Å². The summed E-state index contributed by atoms with van der Waals surface area (Å²) >= 11 is 0. The number of hydrogen-bond donors (Lipinski definition) is 0. The summed E-state index contributed by atoms with van der Waals surface area (Å²) in [6.07, 6.45) is 1.76. The maximum Gasteiger partial charge on any atom is 0.253 e. The number of sulfonamides is 1. The zero-order valence-corrected chi connectivity index (χ0v) is 18.2. The Morgan fingerprint density at radius 1 is 1.09 bits per heavy atom. The number of nitrogens with zero attached hydrogens (tertiary/aromatic N) is 2. The van der Waals surface area contributed by atoms with Gasteiger partial charge in [-0.15, -0.1) is 0 Å². The van der Waals surface area contributed by atoms with Crippen molar-refractivity contribution >= 4 is 22.0 Å². The van der Waals surface area contributed by atoms with Gasteiger partial charge in [0.25, 0.3) is 5.91 Å². The van der Waals surface area contributed by atoms with Crippen LogP contribution in [0.25, 0.3) is 6.08 Å². The molecule has 1 fully saturated rings. The van der Waals surface area contributed by atoms with Gasteiger partial charge in [0.15, 0.2) is 23.1 Å². The lowest BCUT2D eigenvalue weighted by molar-refractivity contribution is -0.128. The number of para-hydroxylation sites is 1. The summed E-state index contributed by atoms with van der Waals surface area (Å²) in [5, 5.41) is 0. The molecule has 0 saturated carbocycles. The van der Waals surface area contributed by atoms with Crippen LogP contribution in [0.1, 0.15) is 12.5 Å². The second-order valence-corrected chi connectivity index (χ2v) is 9.28. The van der Waals surface area contributed by atoms with E-state index >= 15 is 0 Å². The Morgan fingerprint density at radius 2 is 1.84 bits per heavy atom. The number of carbonyl (C=O) groups is 1. The third kappa shape index (κ3) is 4.20. The average Bonchev–Trinajstić information content (AvgIpc) is 2.80. The number of amides is 1. The van der Waals surface area contributed by atoms with Crippen molar-refractivity contribution in [1.29, 1.82) is 0 Å². The number of rotatable bonds is 5. The van der Waals surface area contributed by atoms with E-state index in [1.54, 1.807) is 17.0 Å². The van der Waals surface area contributed by atoms with E-state index in [9.17, 15) is 22.0 Å². The van der Waals surface area contributed by atoms with Crippen LogP contribution >= 0.6 is 0 Å². The van der Waals surface area contributed by atoms with E-state index in [-0.39, 0.29) is 43.6 Å². The Bertz CT molecular complexity index is 1170. The lowest BCUT2D eigenvalue weighted by Crippen LogP contribution is -2.51. The summed E-state index contributed by atoms with van der Waals surface area (Å²) in [6.45, 7) is 2.89. The van der Waals surface area contributed by atoms with Gasteiger partial charge in [-0.1, -0.05) is 12.1 Å². The van der Waals surface area contributed by atoms with Gasteiger partial charge in [-0.3, -0.25) is 4.79 Å². The van der Waals surface area contributed by atoms with Gasteiger partial charge in [0.1, 0.15) is 6.61 Å². The van der Waals surface area contributed by atoms with Crippen molar-refractivity contribution in [3.05, 3.63) is 59.2 Å². The molecule has 2 heterocycles. The van der Waals surface area contributed by atoms with Crippen molar-refractivity contribution < 1.29 is 31.5 Å². The van der Waals surface area contributed by atoms with Gasteiger partial charge in [-0.25, -0.2) is 17.2 Å². The fourth-order valence-electron chi connectivity index (χ4n) is 3.69. The van der Waals surface area contributed by atoms with Crippen LogP contribution in [0.3, 0.4) is 0 Å². The van der Waals surface area contributed by atoms with E-state index in [4.69, 9.17) is 9.47 Å². The van der Waals surface area contributed by atoms with E-state index < -0.39 is 21.7 Å². The van der Waals surface area contributed by atoms with E-state index in [2.05, 4.69) is 0 Å². The predicted octanol–water partition coefficient (Wildman–Crippen LogP) is 2.67. The summed E-state index contributed by atoms with van der Waals surface area (Å²) in [4.78, 5) is 14.2. The quantitative estimate of drug-likeness (QED) is 0.680. The Hall–Kier alpha value is -2.98. The molecule has 32 heavy (non-hydrogen) atoms. The number of carbonyl (C=O) groups excluding carboxylic acids is 1.